The molecule has 5 nitrogen and oxygen atoms in total. The van der Waals surface area contributed by atoms with E-state index in [-0.39, 0.29) is 18.2 Å². The molecule has 2 N–H and O–H groups in total. The van der Waals surface area contributed by atoms with Crippen molar-refractivity contribution in [3.05, 3.63) is 53.5 Å². The fourth-order valence-corrected chi connectivity index (χ4v) is 2.58. The van der Waals surface area contributed by atoms with Crippen LogP contribution >= 0.6 is 0 Å². The van der Waals surface area contributed by atoms with Crippen molar-refractivity contribution in [3.8, 4) is 0 Å². The largest absolute Gasteiger partial charge is 0.467 e. The van der Waals surface area contributed by atoms with Crippen LogP contribution in [-0.4, -0.2) is 18.2 Å². The minimum absolute atomic E-state index is 0.125. The maximum absolute atomic E-state index is 11.9. The summed E-state index contributed by atoms with van der Waals surface area (Å²) in [4.78, 5) is 23.7. The Morgan fingerprint density at radius 1 is 1.23 bits per heavy atom. The van der Waals surface area contributed by atoms with Gasteiger partial charge >= 0.3 is 0 Å². The standard InChI is InChI=1S/C17H18N2O3/c20-16-5-1-3-12-6-7-13(9-15(12)16)18-11-17(21)19-10-14-4-2-8-22-14/h2,4,6-9,18H,1,3,5,10-11H2,(H,19,21). The molecule has 0 aliphatic heterocycles. The first-order chi connectivity index (χ1) is 10.7. The van der Waals surface area contributed by atoms with E-state index < -0.39 is 0 Å². The topological polar surface area (TPSA) is 71.3 Å². The number of carbonyl (C=O) groups excluding carboxylic acids is 2. The second-order valence-electron chi connectivity index (χ2n) is 5.36. The summed E-state index contributed by atoms with van der Waals surface area (Å²) >= 11 is 0. The Bertz CT molecular complexity index is 677. The lowest BCUT2D eigenvalue weighted by molar-refractivity contribution is -0.119. The van der Waals surface area contributed by atoms with Gasteiger partial charge in [-0.3, -0.25) is 9.59 Å². The molecule has 0 saturated carbocycles. The van der Waals surface area contributed by atoms with Gasteiger partial charge in [-0.2, -0.15) is 0 Å². The van der Waals surface area contributed by atoms with Gasteiger partial charge in [0.2, 0.25) is 5.91 Å². The third-order valence-electron chi connectivity index (χ3n) is 3.75. The molecular weight excluding hydrogens is 280 g/mol. The number of amides is 1. The number of nitrogens with one attached hydrogen (secondary N) is 2. The minimum atomic E-state index is -0.125. The first-order valence-electron chi connectivity index (χ1n) is 7.41. The van der Waals surface area contributed by atoms with E-state index in [9.17, 15) is 9.59 Å². The van der Waals surface area contributed by atoms with Gasteiger partial charge < -0.3 is 15.1 Å². The Morgan fingerprint density at radius 3 is 2.95 bits per heavy atom. The molecule has 1 amide bonds. The molecule has 0 radical (unpaired) electrons. The van der Waals surface area contributed by atoms with Gasteiger partial charge in [0, 0.05) is 17.7 Å². The first-order valence-corrected chi connectivity index (χ1v) is 7.41. The number of fused-ring (bicyclic) bond motifs is 1. The summed E-state index contributed by atoms with van der Waals surface area (Å²) in [6.07, 6.45) is 4.06. The van der Waals surface area contributed by atoms with Gasteiger partial charge in [-0.05, 0) is 42.7 Å². The molecule has 22 heavy (non-hydrogen) atoms. The maximum Gasteiger partial charge on any atom is 0.239 e. The average molecular weight is 298 g/mol. The minimum Gasteiger partial charge on any atom is -0.467 e. The van der Waals surface area contributed by atoms with Crippen molar-refractivity contribution in [3.63, 3.8) is 0 Å². The third-order valence-corrected chi connectivity index (χ3v) is 3.75. The molecule has 1 aliphatic rings. The molecule has 0 saturated heterocycles. The summed E-state index contributed by atoms with van der Waals surface area (Å²) in [5.74, 6) is 0.778. The summed E-state index contributed by atoms with van der Waals surface area (Å²) in [6.45, 7) is 0.532. The number of hydrogen-bond acceptors (Lipinski definition) is 4. The molecule has 114 valence electrons. The molecule has 1 heterocycles. The molecule has 0 fully saturated rings. The monoisotopic (exact) mass is 298 g/mol. The lowest BCUT2D eigenvalue weighted by Crippen LogP contribution is -2.29. The molecule has 0 bridgehead atoms. The average Bonchev–Trinajstić information content (AvgIpc) is 3.05. The molecule has 0 unspecified atom stereocenters. The van der Waals surface area contributed by atoms with E-state index in [1.807, 2.05) is 24.3 Å². The molecule has 1 aliphatic carbocycles. The quantitative estimate of drug-likeness (QED) is 0.890. The van der Waals surface area contributed by atoms with E-state index in [4.69, 9.17) is 4.42 Å². The Labute approximate surface area is 128 Å². The van der Waals surface area contributed by atoms with Crippen LogP contribution in [0, 0.1) is 0 Å². The van der Waals surface area contributed by atoms with Gasteiger partial charge in [0.25, 0.3) is 0 Å². The molecule has 1 aromatic heterocycles. The van der Waals surface area contributed by atoms with Crippen molar-refractivity contribution in [2.45, 2.75) is 25.8 Å². The molecule has 0 atom stereocenters. The van der Waals surface area contributed by atoms with Crippen LogP contribution in [-0.2, 0) is 17.8 Å². The van der Waals surface area contributed by atoms with E-state index in [2.05, 4.69) is 10.6 Å². The Balaban J connectivity index is 1.54. The van der Waals surface area contributed by atoms with Gasteiger partial charge in [-0.1, -0.05) is 6.07 Å². The number of ketones is 1. The molecule has 5 heteroatoms. The van der Waals surface area contributed by atoms with Gasteiger partial charge in [0.15, 0.2) is 5.78 Å². The zero-order valence-electron chi connectivity index (χ0n) is 12.2. The lowest BCUT2D eigenvalue weighted by atomic mass is 9.90. The maximum atomic E-state index is 11.9. The summed E-state index contributed by atoms with van der Waals surface area (Å²) in [5, 5.41) is 5.81. The van der Waals surface area contributed by atoms with E-state index >= 15 is 0 Å². The number of hydrogen-bond donors (Lipinski definition) is 2. The van der Waals surface area contributed by atoms with Crippen LogP contribution in [0.4, 0.5) is 5.69 Å². The Morgan fingerprint density at radius 2 is 2.14 bits per heavy atom. The van der Waals surface area contributed by atoms with Crippen molar-refractivity contribution in [2.24, 2.45) is 0 Å². The van der Waals surface area contributed by atoms with Crippen LogP contribution in [0.5, 0.6) is 0 Å². The van der Waals surface area contributed by atoms with Crippen LogP contribution in [0.1, 0.15) is 34.5 Å². The van der Waals surface area contributed by atoms with Crippen LogP contribution in [0.3, 0.4) is 0 Å². The predicted octanol–water partition coefficient (Wildman–Crippen LogP) is 2.53. The van der Waals surface area contributed by atoms with Crippen molar-refractivity contribution in [1.29, 1.82) is 0 Å². The SMILES string of the molecule is O=C(CNc1ccc2c(c1)C(=O)CCC2)NCc1ccco1. The number of aryl methyl sites for hydroxylation is 1. The highest BCUT2D eigenvalue weighted by Crippen LogP contribution is 2.24. The zero-order chi connectivity index (χ0) is 15.4. The van der Waals surface area contributed by atoms with Gasteiger partial charge in [-0.25, -0.2) is 0 Å². The smallest absolute Gasteiger partial charge is 0.239 e. The van der Waals surface area contributed by atoms with Crippen LogP contribution < -0.4 is 10.6 Å². The predicted molar refractivity (Wildman–Crippen MR) is 82.8 cm³/mol. The third kappa shape index (κ3) is 3.36. The summed E-state index contributed by atoms with van der Waals surface area (Å²) in [5.41, 5.74) is 2.68. The summed E-state index contributed by atoms with van der Waals surface area (Å²) in [7, 11) is 0. The second-order valence-corrected chi connectivity index (χ2v) is 5.36. The Kier molecular flexibility index (Phi) is 4.23. The van der Waals surface area contributed by atoms with Gasteiger partial charge in [0.1, 0.15) is 5.76 Å². The van der Waals surface area contributed by atoms with Crippen molar-refractivity contribution in [2.75, 3.05) is 11.9 Å². The van der Waals surface area contributed by atoms with Crippen molar-refractivity contribution >= 4 is 17.4 Å². The van der Waals surface area contributed by atoms with Gasteiger partial charge in [0.05, 0.1) is 19.4 Å². The number of Topliss-reactive ketones (excluding diaryl/α,β-unsaturated/α-hetero) is 1. The van der Waals surface area contributed by atoms with E-state index in [1.165, 1.54) is 0 Å². The normalized spacial score (nSPS) is 13.5. The fourth-order valence-electron chi connectivity index (χ4n) is 2.58. The van der Waals surface area contributed by atoms with Gasteiger partial charge in [-0.15, -0.1) is 0 Å². The number of carbonyl (C=O) groups is 2. The highest BCUT2D eigenvalue weighted by atomic mass is 16.3. The molecule has 1 aromatic carbocycles. The van der Waals surface area contributed by atoms with Crippen molar-refractivity contribution < 1.29 is 14.0 Å². The van der Waals surface area contributed by atoms with E-state index in [0.717, 1.165) is 29.7 Å². The zero-order valence-corrected chi connectivity index (χ0v) is 12.2. The fraction of sp³-hybridized carbons (Fsp3) is 0.294. The molecular formula is C17H18N2O3. The summed E-state index contributed by atoms with van der Waals surface area (Å²) < 4.78 is 5.15. The number of furan rings is 1. The van der Waals surface area contributed by atoms with E-state index in [0.29, 0.717) is 18.7 Å². The van der Waals surface area contributed by atoms with Crippen LogP contribution in [0.25, 0.3) is 0 Å². The highest BCUT2D eigenvalue weighted by molar-refractivity contribution is 5.99. The lowest BCUT2D eigenvalue weighted by Gasteiger charge is -2.16. The first kappa shape index (κ1) is 14.4. The number of benzene rings is 1. The molecule has 2 aromatic rings. The number of anilines is 1. The second kappa shape index (κ2) is 6.47. The Hall–Kier alpha value is -2.56. The van der Waals surface area contributed by atoms with Crippen LogP contribution in [0.15, 0.2) is 41.0 Å². The molecule has 0 spiro atoms. The summed E-state index contributed by atoms with van der Waals surface area (Å²) in [6, 6.07) is 9.32. The van der Waals surface area contributed by atoms with Crippen LogP contribution in [0.2, 0.25) is 0 Å². The van der Waals surface area contributed by atoms with E-state index in [1.54, 1.807) is 12.3 Å². The number of rotatable bonds is 5. The van der Waals surface area contributed by atoms with Crippen molar-refractivity contribution in [1.82, 2.24) is 5.32 Å². The highest BCUT2D eigenvalue weighted by Gasteiger charge is 2.17. The molecule has 3 rings (SSSR count).